The van der Waals surface area contributed by atoms with Crippen LogP contribution in [0.1, 0.15) is 16.7 Å². The second-order valence-electron chi connectivity index (χ2n) is 2.93. The average Bonchev–Trinajstić information content (AvgIpc) is 2.71. The third-order valence-electron chi connectivity index (χ3n) is 1.96. The first-order valence-electron chi connectivity index (χ1n) is 4.20. The maximum Gasteiger partial charge on any atom is 0.126 e. The molecule has 0 aliphatic heterocycles. The zero-order chi connectivity index (χ0) is 9.97. The van der Waals surface area contributed by atoms with Gasteiger partial charge in [-0.05, 0) is 29.8 Å². The van der Waals surface area contributed by atoms with Crippen molar-refractivity contribution in [1.29, 1.82) is 0 Å². The molecule has 2 aromatic rings. The van der Waals surface area contributed by atoms with E-state index < -0.39 is 0 Å². The van der Waals surface area contributed by atoms with Crippen LogP contribution in [0.5, 0.6) is 0 Å². The lowest BCUT2D eigenvalue weighted by Crippen LogP contribution is -1.90. The molecule has 1 unspecified atom stereocenters. The molecule has 1 nitrogen and oxygen atoms in total. The van der Waals surface area contributed by atoms with Crippen LogP contribution in [0.4, 0.5) is 4.39 Å². The van der Waals surface area contributed by atoms with Gasteiger partial charge < -0.3 is 4.42 Å². The van der Waals surface area contributed by atoms with Crippen LogP contribution in [0, 0.1) is 5.82 Å². The molecule has 3 heteroatoms. The van der Waals surface area contributed by atoms with E-state index in [-0.39, 0.29) is 11.2 Å². The first-order valence-corrected chi connectivity index (χ1v) is 4.64. The maximum atomic E-state index is 12.6. The minimum absolute atomic E-state index is 0.267. The molecular formula is C11H8ClFO. The molecule has 0 saturated heterocycles. The van der Waals surface area contributed by atoms with Crippen LogP contribution in [0.25, 0.3) is 0 Å². The normalized spacial score (nSPS) is 12.7. The molecule has 0 radical (unpaired) electrons. The summed E-state index contributed by atoms with van der Waals surface area (Å²) in [5, 5.41) is -0.356. The molecular weight excluding hydrogens is 203 g/mol. The van der Waals surface area contributed by atoms with Gasteiger partial charge in [-0.3, -0.25) is 0 Å². The van der Waals surface area contributed by atoms with Crippen LogP contribution in [-0.4, -0.2) is 0 Å². The van der Waals surface area contributed by atoms with Crippen LogP contribution < -0.4 is 0 Å². The smallest absolute Gasteiger partial charge is 0.126 e. The molecule has 0 aliphatic rings. The third kappa shape index (κ3) is 1.80. The summed E-state index contributed by atoms with van der Waals surface area (Å²) in [6.45, 7) is 0. The Morgan fingerprint density at radius 1 is 1.14 bits per heavy atom. The van der Waals surface area contributed by atoms with Gasteiger partial charge in [-0.1, -0.05) is 12.1 Å². The van der Waals surface area contributed by atoms with Crippen molar-refractivity contribution in [2.24, 2.45) is 0 Å². The molecule has 0 N–H and O–H groups in total. The van der Waals surface area contributed by atoms with Crippen molar-refractivity contribution in [3.05, 3.63) is 59.8 Å². The Morgan fingerprint density at radius 3 is 2.43 bits per heavy atom. The van der Waals surface area contributed by atoms with Crippen molar-refractivity contribution in [3.63, 3.8) is 0 Å². The molecule has 14 heavy (non-hydrogen) atoms. The van der Waals surface area contributed by atoms with Gasteiger partial charge in [0.25, 0.3) is 0 Å². The summed E-state index contributed by atoms with van der Waals surface area (Å²) in [6, 6.07) is 9.63. The quantitative estimate of drug-likeness (QED) is 0.688. The van der Waals surface area contributed by atoms with Crippen molar-refractivity contribution < 1.29 is 8.81 Å². The highest BCUT2D eigenvalue weighted by Crippen LogP contribution is 2.28. The number of halogens is 2. The fourth-order valence-corrected chi connectivity index (χ4v) is 1.50. The van der Waals surface area contributed by atoms with Gasteiger partial charge in [-0.2, -0.15) is 0 Å². The topological polar surface area (TPSA) is 13.1 Å². The minimum Gasteiger partial charge on any atom is -0.467 e. The lowest BCUT2D eigenvalue weighted by molar-refractivity contribution is 0.516. The molecule has 0 aliphatic carbocycles. The molecule has 0 bridgehead atoms. The van der Waals surface area contributed by atoms with Crippen molar-refractivity contribution in [1.82, 2.24) is 0 Å². The Labute approximate surface area is 86.1 Å². The fourth-order valence-electron chi connectivity index (χ4n) is 1.23. The average molecular weight is 211 g/mol. The highest BCUT2D eigenvalue weighted by molar-refractivity contribution is 6.22. The van der Waals surface area contributed by atoms with Crippen molar-refractivity contribution >= 4 is 11.6 Å². The number of benzene rings is 1. The number of rotatable bonds is 2. The van der Waals surface area contributed by atoms with Crippen LogP contribution in [-0.2, 0) is 0 Å². The van der Waals surface area contributed by atoms with Gasteiger partial charge in [0.2, 0.25) is 0 Å². The molecule has 0 spiro atoms. The first kappa shape index (κ1) is 9.28. The summed E-state index contributed by atoms with van der Waals surface area (Å²) in [5.74, 6) is 0.398. The molecule has 1 aromatic heterocycles. The van der Waals surface area contributed by atoms with E-state index in [1.54, 1.807) is 30.5 Å². The van der Waals surface area contributed by atoms with Crippen LogP contribution >= 0.6 is 11.6 Å². The van der Waals surface area contributed by atoms with Gasteiger partial charge in [0.15, 0.2) is 0 Å². The second kappa shape index (κ2) is 3.84. The Bertz CT molecular complexity index is 394. The van der Waals surface area contributed by atoms with Crippen molar-refractivity contribution in [2.75, 3.05) is 0 Å². The molecule has 1 atom stereocenters. The van der Waals surface area contributed by atoms with Crippen LogP contribution in [0.2, 0.25) is 0 Å². The molecule has 0 saturated carbocycles. The van der Waals surface area contributed by atoms with Gasteiger partial charge in [0, 0.05) is 0 Å². The molecule has 0 amide bonds. The van der Waals surface area contributed by atoms with E-state index in [1.807, 2.05) is 0 Å². The van der Waals surface area contributed by atoms with Crippen molar-refractivity contribution in [3.8, 4) is 0 Å². The summed E-state index contributed by atoms with van der Waals surface area (Å²) < 4.78 is 17.8. The van der Waals surface area contributed by atoms with Crippen LogP contribution in [0.15, 0.2) is 47.1 Å². The monoisotopic (exact) mass is 210 g/mol. The minimum atomic E-state index is -0.356. The second-order valence-corrected chi connectivity index (χ2v) is 3.37. The summed E-state index contributed by atoms with van der Waals surface area (Å²) in [6.07, 6.45) is 1.56. The number of alkyl halides is 1. The standard InChI is InChI=1S/C11H8ClFO/c12-11(10-2-1-7-14-10)8-3-5-9(13)6-4-8/h1-7,11H. The van der Waals surface area contributed by atoms with E-state index in [2.05, 4.69) is 0 Å². The third-order valence-corrected chi connectivity index (χ3v) is 2.42. The van der Waals surface area contributed by atoms with E-state index in [9.17, 15) is 4.39 Å². The number of hydrogen-bond acceptors (Lipinski definition) is 1. The lowest BCUT2D eigenvalue weighted by atomic mass is 10.1. The van der Waals surface area contributed by atoms with Gasteiger partial charge >= 0.3 is 0 Å². The first-order chi connectivity index (χ1) is 6.77. The maximum absolute atomic E-state index is 12.6. The Balaban J connectivity index is 2.28. The Hall–Kier alpha value is -1.28. The van der Waals surface area contributed by atoms with Gasteiger partial charge in [0.05, 0.1) is 6.26 Å². The van der Waals surface area contributed by atoms with E-state index in [4.69, 9.17) is 16.0 Å². The Kier molecular flexibility index (Phi) is 2.55. The molecule has 72 valence electrons. The number of hydrogen-bond donors (Lipinski definition) is 0. The van der Waals surface area contributed by atoms with Gasteiger partial charge in [-0.15, -0.1) is 11.6 Å². The zero-order valence-corrected chi connectivity index (χ0v) is 8.04. The Morgan fingerprint density at radius 2 is 1.86 bits per heavy atom. The van der Waals surface area contributed by atoms with E-state index in [0.29, 0.717) is 5.76 Å². The molecule has 1 aromatic carbocycles. The highest BCUT2D eigenvalue weighted by atomic mass is 35.5. The van der Waals surface area contributed by atoms with E-state index in [1.165, 1.54) is 12.1 Å². The van der Waals surface area contributed by atoms with E-state index in [0.717, 1.165) is 5.56 Å². The van der Waals surface area contributed by atoms with Gasteiger partial charge in [0.1, 0.15) is 17.0 Å². The number of furan rings is 1. The largest absolute Gasteiger partial charge is 0.467 e. The predicted octanol–water partition coefficient (Wildman–Crippen LogP) is 3.75. The summed E-state index contributed by atoms with van der Waals surface area (Å²) in [5.41, 5.74) is 0.822. The summed E-state index contributed by atoms with van der Waals surface area (Å²) in [4.78, 5) is 0. The summed E-state index contributed by atoms with van der Waals surface area (Å²) >= 11 is 6.11. The highest BCUT2D eigenvalue weighted by Gasteiger charge is 2.12. The van der Waals surface area contributed by atoms with Crippen LogP contribution in [0.3, 0.4) is 0 Å². The van der Waals surface area contributed by atoms with E-state index >= 15 is 0 Å². The molecule has 2 rings (SSSR count). The van der Waals surface area contributed by atoms with Gasteiger partial charge in [-0.25, -0.2) is 4.39 Å². The fraction of sp³-hybridized carbons (Fsp3) is 0.0909. The molecule has 0 fully saturated rings. The van der Waals surface area contributed by atoms with Crippen molar-refractivity contribution in [2.45, 2.75) is 5.38 Å². The predicted molar refractivity (Wildman–Crippen MR) is 52.8 cm³/mol. The molecule has 1 heterocycles. The summed E-state index contributed by atoms with van der Waals surface area (Å²) in [7, 11) is 0. The lowest BCUT2D eigenvalue weighted by Gasteiger charge is -2.05. The SMILES string of the molecule is Fc1ccc(C(Cl)c2ccco2)cc1. The zero-order valence-electron chi connectivity index (χ0n) is 7.28.